The van der Waals surface area contributed by atoms with Crippen LogP contribution in [0.4, 0.5) is 5.82 Å². The highest BCUT2D eigenvalue weighted by molar-refractivity contribution is 5.98. The van der Waals surface area contributed by atoms with Gasteiger partial charge in [-0.1, -0.05) is 13.5 Å². The molecule has 2 aliphatic carbocycles. The standard InChI is InChI=1S/C23H33N5O3/c1-5-17(24-13-12-15(2)31-4)22-26-18-9-6-8-16(18)23(27-22)28(3)14-21(30)25-19-10-7-11-20(19)29/h12-13,19-20,29H,2,5-11,14H2,1,3-4H3,(H,25,30)/b13-12-,24-17+/t19-,20-/m0/s1. The second kappa shape index (κ2) is 10.5. The number of nitrogens with zero attached hydrogens (tertiary/aromatic N) is 4. The SMILES string of the molecule is C=C(/C=C\N=C(/CC)c1nc2c(c(N(C)CC(=O)N[C@H]3CCC[C@@H]3O)n1)CCC2)OC. The lowest BCUT2D eigenvalue weighted by molar-refractivity contribution is -0.121. The molecule has 3 rings (SSSR count). The first-order valence-corrected chi connectivity index (χ1v) is 11.0. The summed E-state index contributed by atoms with van der Waals surface area (Å²) < 4.78 is 5.03. The van der Waals surface area contributed by atoms with Gasteiger partial charge in [0, 0.05) is 24.5 Å². The van der Waals surface area contributed by atoms with Gasteiger partial charge in [-0.3, -0.25) is 9.79 Å². The number of ether oxygens (including phenoxy) is 1. The van der Waals surface area contributed by atoms with E-state index in [9.17, 15) is 9.90 Å². The Labute approximate surface area is 184 Å². The highest BCUT2D eigenvalue weighted by Crippen LogP contribution is 2.28. The lowest BCUT2D eigenvalue weighted by Crippen LogP contribution is -2.44. The van der Waals surface area contributed by atoms with Crippen molar-refractivity contribution < 1.29 is 14.6 Å². The lowest BCUT2D eigenvalue weighted by Gasteiger charge is -2.23. The van der Waals surface area contributed by atoms with Crippen LogP contribution in [0.15, 0.2) is 29.6 Å². The molecule has 31 heavy (non-hydrogen) atoms. The summed E-state index contributed by atoms with van der Waals surface area (Å²) in [7, 11) is 3.44. The number of aliphatic hydroxyl groups is 1. The highest BCUT2D eigenvalue weighted by atomic mass is 16.5. The number of nitrogens with one attached hydrogen (secondary N) is 1. The van der Waals surface area contributed by atoms with E-state index in [1.165, 1.54) is 0 Å². The molecule has 0 radical (unpaired) electrons. The van der Waals surface area contributed by atoms with E-state index in [2.05, 4.69) is 16.9 Å². The second-order valence-electron chi connectivity index (χ2n) is 8.09. The third-order valence-corrected chi connectivity index (χ3v) is 5.83. The van der Waals surface area contributed by atoms with Crippen LogP contribution in [0.25, 0.3) is 0 Å². The molecule has 0 bridgehead atoms. The van der Waals surface area contributed by atoms with E-state index in [1.807, 2.05) is 18.9 Å². The number of anilines is 1. The number of hydrogen-bond acceptors (Lipinski definition) is 7. The quantitative estimate of drug-likeness (QED) is 0.356. The number of likely N-dealkylation sites (N-methyl/N-ethyl adjacent to an activating group) is 1. The molecular weight excluding hydrogens is 394 g/mol. The monoisotopic (exact) mass is 427 g/mol. The molecule has 0 unspecified atom stereocenters. The van der Waals surface area contributed by atoms with Gasteiger partial charge in [0.1, 0.15) is 11.6 Å². The van der Waals surface area contributed by atoms with Crippen LogP contribution in [-0.2, 0) is 22.4 Å². The Morgan fingerprint density at radius 2 is 2.16 bits per heavy atom. The number of carbonyl (C=O) groups excluding carboxylic acids is 1. The summed E-state index contributed by atoms with van der Waals surface area (Å²) in [4.78, 5) is 28.5. The Morgan fingerprint density at radius 1 is 1.35 bits per heavy atom. The van der Waals surface area contributed by atoms with Crippen molar-refractivity contribution in [2.75, 3.05) is 25.6 Å². The van der Waals surface area contributed by atoms with Crippen LogP contribution in [0.2, 0.25) is 0 Å². The summed E-state index contributed by atoms with van der Waals surface area (Å²) in [5.74, 6) is 1.79. The molecule has 2 atom stereocenters. The first-order chi connectivity index (χ1) is 14.9. The third-order valence-electron chi connectivity index (χ3n) is 5.83. The predicted octanol–water partition coefficient (Wildman–Crippen LogP) is 2.30. The van der Waals surface area contributed by atoms with Gasteiger partial charge in [0.2, 0.25) is 5.91 Å². The minimum Gasteiger partial charge on any atom is -0.497 e. The van der Waals surface area contributed by atoms with E-state index in [1.54, 1.807) is 19.4 Å². The van der Waals surface area contributed by atoms with Crippen molar-refractivity contribution in [2.45, 2.75) is 64.0 Å². The van der Waals surface area contributed by atoms with Crippen LogP contribution in [0.5, 0.6) is 0 Å². The van der Waals surface area contributed by atoms with Crippen molar-refractivity contribution in [3.63, 3.8) is 0 Å². The average molecular weight is 428 g/mol. The van der Waals surface area contributed by atoms with E-state index >= 15 is 0 Å². The number of rotatable bonds is 9. The molecule has 1 fully saturated rings. The van der Waals surface area contributed by atoms with Crippen molar-refractivity contribution in [2.24, 2.45) is 4.99 Å². The number of aliphatic hydroxyl groups excluding tert-OH is 1. The molecule has 0 spiro atoms. The minimum atomic E-state index is -0.449. The number of methoxy groups -OCH3 is 1. The molecule has 1 aromatic rings. The van der Waals surface area contributed by atoms with E-state index < -0.39 is 6.10 Å². The van der Waals surface area contributed by atoms with Gasteiger partial charge in [0.25, 0.3) is 0 Å². The molecule has 1 heterocycles. The van der Waals surface area contributed by atoms with Gasteiger partial charge in [0.15, 0.2) is 5.82 Å². The Hall–Kier alpha value is -2.74. The summed E-state index contributed by atoms with van der Waals surface area (Å²) in [5, 5.41) is 12.9. The average Bonchev–Trinajstić information content (AvgIpc) is 3.39. The van der Waals surface area contributed by atoms with Crippen molar-refractivity contribution in [3.8, 4) is 0 Å². The molecule has 168 valence electrons. The molecule has 8 nitrogen and oxygen atoms in total. The van der Waals surface area contributed by atoms with Gasteiger partial charge >= 0.3 is 0 Å². The maximum atomic E-state index is 12.6. The number of hydrogen-bond donors (Lipinski definition) is 2. The Balaban J connectivity index is 1.80. The van der Waals surface area contributed by atoms with Crippen LogP contribution in [0, 0.1) is 0 Å². The van der Waals surface area contributed by atoms with E-state index in [4.69, 9.17) is 14.7 Å². The van der Waals surface area contributed by atoms with E-state index in [0.29, 0.717) is 18.0 Å². The Bertz CT molecular complexity index is 880. The second-order valence-corrected chi connectivity index (χ2v) is 8.09. The molecule has 1 saturated carbocycles. The van der Waals surface area contributed by atoms with Crippen molar-refractivity contribution in [1.29, 1.82) is 0 Å². The first kappa shape index (κ1) is 22.9. The summed E-state index contributed by atoms with van der Waals surface area (Å²) in [6.45, 7) is 5.94. The highest BCUT2D eigenvalue weighted by Gasteiger charge is 2.28. The fourth-order valence-corrected chi connectivity index (χ4v) is 4.09. The van der Waals surface area contributed by atoms with Crippen molar-refractivity contribution >= 4 is 17.4 Å². The molecular formula is C23H33N5O3. The molecule has 8 heteroatoms. The number of aryl methyl sites for hydroxylation is 1. The zero-order valence-corrected chi connectivity index (χ0v) is 18.7. The number of allylic oxidation sites excluding steroid dienone is 1. The van der Waals surface area contributed by atoms with Crippen LogP contribution >= 0.6 is 0 Å². The van der Waals surface area contributed by atoms with Crippen molar-refractivity contribution in [1.82, 2.24) is 15.3 Å². The maximum Gasteiger partial charge on any atom is 0.239 e. The maximum absolute atomic E-state index is 12.6. The molecule has 1 amide bonds. The van der Waals surface area contributed by atoms with Gasteiger partial charge < -0.3 is 20.1 Å². The number of aliphatic imine (C=N–C) groups is 1. The predicted molar refractivity (Wildman–Crippen MR) is 121 cm³/mol. The topological polar surface area (TPSA) is 99.9 Å². The lowest BCUT2D eigenvalue weighted by atomic mass is 10.2. The molecule has 2 aliphatic rings. The van der Waals surface area contributed by atoms with E-state index in [0.717, 1.165) is 61.3 Å². The molecule has 0 aromatic carbocycles. The van der Waals surface area contributed by atoms with Crippen molar-refractivity contribution in [3.05, 3.63) is 41.7 Å². The fraction of sp³-hybridized carbons (Fsp3) is 0.565. The molecule has 1 aromatic heterocycles. The molecule has 0 saturated heterocycles. The van der Waals surface area contributed by atoms with Crippen LogP contribution in [-0.4, -0.2) is 59.5 Å². The van der Waals surface area contributed by atoms with E-state index in [-0.39, 0.29) is 18.5 Å². The number of aromatic nitrogens is 2. The number of fused-ring (bicyclic) bond motifs is 1. The number of carbonyl (C=O) groups is 1. The van der Waals surface area contributed by atoms with Gasteiger partial charge in [-0.15, -0.1) is 0 Å². The van der Waals surface area contributed by atoms with Crippen LogP contribution in [0.3, 0.4) is 0 Å². The zero-order valence-electron chi connectivity index (χ0n) is 18.7. The number of amides is 1. The van der Waals surface area contributed by atoms with Gasteiger partial charge in [0.05, 0.1) is 31.5 Å². The Kier molecular flexibility index (Phi) is 7.79. The summed E-state index contributed by atoms with van der Waals surface area (Å²) >= 11 is 0. The summed E-state index contributed by atoms with van der Waals surface area (Å²) in [6, 6.07) is -0.153. The van der Waals surface area contributed by atoms with Crippen LogP contribution < -0.4 is 10.2 Å². The fourth-order valence-electron chi connectivity index (χ4n) is 4.09. The first-order valence-electron chi connectivity index (χ1n) is 11.0. The Morgan fingerprint density at radius 3 is 2.84 bits per heavy atom. The van der Waals surface area contributed by atoms with Gasteiger partial charge in [-0.2, -0.15) is 0 Å². The van der Waals surface area contributed by atoms with Gasteiger partial charge in [-0.05, 0) is 51.0 Å². The molecule has 0 aliphatic heterocycles. The zero-order chi connectivity index (χ0) is 22.4. The smallest absolute Gasteiger partial charge is 0.239 e. The normalized spacial score (nSPS) is 20.7. The third kappa shape index (κ3) is 5.70. The largest absolute Gasteiger partial charge is 0.497 e. The van der Waals surface area contributed by atoms with Gasteiger partial charge in [-0.25, -0.2) is 9.97 Å². The van der Waals surface area contributed by atoms with Crippen LogP contribution in [0.1, 0.15) is 56.1 Å². The molecule has 2 N–H and O–H groups in total. The minimum absolute atomic E-state index is 0.106. The summed E-state index contributed by atoms with van der Waals surface area (Å²) in [6.07, 6.45) is 8.91. The summed E-state index contributed by atoms with van der Waals surface area (Å²) in [5.41, 5.74) is 2.91.